The SMILES string of the molecule is CCCc1c(OCc2c(CCCCc3cccnc3)ccc(C(N)=O)c2OCC)ccc(C(C)=O)c1O. The standard InChI is InChI=1S/C30H36N2O5/c1-4-9-24-27(16-15-23(20(3)33)28(24)34)37-19-26-22(12-7-6-10-21-11-8-17-32-18-21)13-14-25(30(31)35)29(26)36-5-2/h8,11,13-18,34H,4-7,9-10,12,19H2,1-3H3,(H2,31,35). The second-order valence-electron chi connectivity index (χ2n) is 8.98. The van der Waals surface area contributed by atoms with E-state index in [1.807, 2.05) is 32.2 Å². The van der Waals surface area contributed by atoms with Gasteiger partial charge in [0.25, 0.3) is 5.91 Å². The molecule has 1 amide bonds. The van der Waals surface area contributed by atoms with Crippen molar-refractivity contribution in [2.75, 3.05) is 6.61 Å². The average Bonchev–Trinajstić information content (AvgIpc) is 2.88. The lowest BCUT2D eigenvalue weighted by Gasteiger charge is -2.20. The van der Waals surface area contributed by atoms with E-state index in [1.54, 1.807) is 24.4 Å². The van der Waals surface area contributed by atoms with E-state index in [2.05, 4.69) is 11.1 Å². The third-order valence-electron chi connectivity index (χ3n) is 6.29. The number of nitrogens with zero attached hydrogens (tertiary/aromatic N) is 1. The minimum Gasteiger partial charge on any atom is -0.507 e. The molecule has 0 atom stereocenters. The van der Waals surface area contributed by atoms with Gasteiger partial charge in [-0.05, 0) is 81.3 Å². The molecule has 1 heterocycles. The number of phenolic OH excluding ortho intramolecular Hbond substituents is 1. The maximum atomic E-state index is 12.2. The van der Waals surface area contributed by atoms with Crippen LogP contribution in [0.3, 0.4) is 0 Å². The number of primary amides is 1. The summed E-state index contributed by atoms with van der Waals surface area (Å²) in [7, 11) is 0. The first-order chi connectivity index (χ1) is 17.9. The number of benzene rings is 2. The summed E-state index contributed by atoms with van der Waals surface area (Å²) in [5.41, 5.74) is 9.80. The van der Waals surface area contributed by atoms with Crippen molar-refractivity contribution >= 4 is 11.7 Å². The van der Waals surface area contributed by atoms with Gasteiger partial charge in [0.1, 0.15) is 23.9 Å². The molecule has 37 heavy (non-hydrogen) atoms. The van der Waals surface area contributed by atoms with Crippen LogP contribution in [0, 0.1) is 0 Å². The Balaban J connectivity index is 1.89. The van der Waals surface area contributed by atoms with Gasteiger partial charge >= 0.3 is 0 Å². The second kappa shape index (κ2) is 13.4. The number of Topliss-reactive ketones (excluding diaryl/α,β-unsaturated/α-hetero) is 1. The molecule has 2 aromatic carbocycles. The van der Waals surface area contributed by atoms with Crippen LogP contribution in [0.4, 0.5) is 0 Å². The number of amides is 1. The highest BCUT2D eigenvalue weighted by Crippen LogP contribution is 2.35. The number of ketones is 1. The first-order valence-corrected chi connectivity index (χ1v) is 12.8. The van der Waals surface area contributed by atoms with Gasteiger partial charge < -0.3 is 20.3 Å². The van der Waals surface area contributed by atoms with E-state index in [0.29, 0.717) is 35.7 Å². The van der Waals surface area contributed by atoms with E-state index in [9.17, 15) is 14.7 Å². The minimum absolute atomic E-state index is 0.0432. The van der Waals surface area contributed by atoms with Crippen molar-refractivity contribution in [2.24, 2.45) is 5.73 Å². The summed E-state index contributed by atoms with van der Waals surface area (Å²) >= 11 is 0. The van der Waals surface area contributed by atoms with Crippen LogP contribution in [0.25, 0.3) is 0 Å². The van der Waals surface area contributed by atoms with Crippen LogP contribution in [0.1, 0.15) is 83.0 Å². The molecule has 0 saturated heterocycles. The Morgan fingerprint density at radius 1 is 0.946 bits per heavy atom. The summed E-state index contributed by atoms with van der Waals surface area (Å²) in [5, 5.41) is 10.7. The lowest BCUT2D eigenvalue weighted by molar-refractivity contribution is 0.0992. The number of rotatable bonds is 14. The normalized spacial score (nSPS) is 10.8. The molecule has 0 radical (unpaired) electrons. The van der Waals surface area contributed by atoms with E-state index in [0.717, 1.165) is 43.2 Å². The van der Waals surface area contributed by atoms with E-state index in [4.69, 9.17) is 15.2 Å². The van der Waals surface area contributed by atoms with E-state index in [-0.39, 0.29) is 23.7 Å². The molecule has 0 aliphatic carbocycles. The van der Waals surface area contributed by atoms with Gasteiger partial charge in [-0.1, -0.05) is 25.5 Å². The van der Waals surface area contributed by atoms with Gasteiger partial charge in [-0.2, -0.15) is 0 Å². The number of hydrogen-bond acceptors (Lipinski definition) is 6. The smallest absolute Gasteiger partial charge is 0.252 e. The number of phenols is 1. The molecule has 0 aliphatic rings. The summed E-state index contributed by atoms with van der Waals surface area (Å²) in [4.78, 5) is 28.3. The Labute approximate surface area is 218 Å². The number of carbonyl (C=O) groups is 2. The van der Waals surface area contributed by atoms with Gasteiger partial charge in [-0.25, -0.2) is 0 Å². The molecule has 3 aromatic rings. The van der Waals surface area contributed by atoms with Crippen molar-refractivity contribution in [1.29, 1.82) is 0 Å². The Morgan fingerprint density at radius 2 is 1.70 bits per heavy atom. The number of pyridine rings is 1. The molecule has 3 rings (SSSR count). The van der Waals surface area contributed by atoms with Crippen LogP contribution in [-0.4, -0.2) is 28.4 Å². The highest BCUT2D eigenvalue weighted by atomic mass is 16.5. The van der Waals surface area contributed by atoms with Crippen molar-refractivity contribution < 1.29 is 24.2 Å². The number of carbonyl (C=O) groups excluding carboxylic acids is 2. The zero-order valence-corrected chi connectivity index (χ0v) is 21.9. The van der Waals surface area contributed by atoms with Crippen LogP contribution in [0.5, 0.6) is 17.2 Å². The van der Waals surface area contributed by atoms with Crippen LogP contribution in [0.15, 0.2) is 48.8 Å². The number of nitrogens with two attached hydrogens (primary N) is 1. The van der Waals surface area contributed by atoms with E-state index >= 15 is 0 Å². The van der Waals surface area contributed by atoms with Gasteiger partial charge in [0.15, 0.2) is 5.78 Å². The van der Waals surface area contributed by atoms with Crippen LogP contribution in [-0.2, 0) is 25.9 Å². The van der Waals surface area contributed by atoms with E-state index < -0.39 is 5.91 Å². The minimum atomic E-state index is -0.567. The number of aromatic nitrogens is 1. The maximum Gasteiger partial charge on any atom is 0.252 e. The lowest BCUT2D eigenvalue weighted by Crippen LogP contribution is -2.16. The van der Waals surface area contributed by atoms with Crippen molar-refractivity contribution in [3.8, 4) is 17.2 Å². The Hall–Kier alpha value is -3.87. The summed E-state index contributed by atoms with van der Waals surface area (Å²) in [6, 6.07) is 10.9. The zero-order valence-electron chi connectivity index (χ0n) is 21.9. The first kappa shape index (κ1) is 27.7. The number of aromatic hydroxyl groups is 1. The van der Waals surface area contributed by atoms with Crippen molar-refractivity contribution in [2.45, 2.75) is 65.9 Å². The fourth-order valence-electron chi connectivity index (χ4n) is 4.43. The molecule has 0 saturated carbocycles. The fraction of sp³-hybridized carbons (Fsp3) is 0.367. The van der Waals surface area contributed by atoms with Gasteiger partial charge in [0.05, 0.1) is 17.7 Å². The van der Waals surface area contributed by atoms with Crippen molar-refractivity contribution in [1.82, 2.24) is 4.98 Å². The molecule has 0 spiro atoms. The van der Waals surface area contributed by atoms with Gasteiger partial charge in [0.2, 0.25) is 0 Å². The lowest BCUT2D eigenvalue weighted by atomic mass is 9.96. The number of hydrogen-bond donors (Lipinski definition) is 2. The van der Waals surface area contributed by atoms with Crippen LogP contribution >= 0.6 is 0 Å². The number of aryl methyl sites for hydroxylation is 2. The zero-order chi connectivity index (χ0) is 26.8. The molecule has 196 valence electrons. The molecule has 7 heteroatoms. The summed E-state index contributed by atoms with van der Waals surface area (Å²) in [5.74, 6) is 0.115. The molecule has 3 N–H and O–H groups in total. The quantitative estimate of drug-likeness (QED) is 0.219. The highest BCUT2D eigenvalue weighted by Gasteiger charge is 2.21. The fourth-order valence-corrected chi connectivity index (χ4v) is 4.43. The Bertz CT molecular complexity index is 1220. The van der Waals surface area contributed by atoms with Gasteiger partial charge in [-0.15, -0.1) is 0 Å². The third kappa shape index (κ3) is 7.09. The molecular formula is C30H36N2O5. The molecule has 7 nitrogen and oxygen atoms in total. The van der Waals surface area contributed by atoms with Crippen molar-refractivity contribution in [3.63, 3.8) is 0 Å². The average molecular weight is 505 g/mol. The Morgan fingerprint density at radius 3 is 2.35 bits per heavy atom. The summed E-state index contributed by atoms with van der Waals surface area (Å²) in [6.07, 6.45) is 8.60. The second-order valence-corrected chi connectivity index (χ2v) is 8.98. The molecule has 0 bridgehead atoms. The molecule has 1 aromatic heterocycles. The monoisotopic (exact) mass is 504 g/mol. The van der Waals surface area contributed by atoms with Crippen molar-refractivity contribution in [3.05, 3.63) is 82.2 Å². The molecule has 0 fully saturated rings. The largest absolute Gasteiger partial charge is 0.507 e. The topological polar surface area (TPSA) is 112 Å². The van der Waals surface area contributed by atoms with E-state index in [1.165, 1.54) is 12.5 Å². The molecule has 0 aliphatic heterocycles. The van der Waals surface area contributed by atoms with Gasteiger partial charge in [0, 0.05) is 23.5 Å². The third-order valence-corrected chi connectivity index (χ3v) is 6.29. The maximum absolute atomic E-state index is 12.2. The van der Waals surface area contributed by atoms with Crippen LogP contribution < -0.4 is 15.2 Å². The number of unbranched alkanes of at least 4 members (excludes halogenated alkanes) is 1. The molecular weight excluding hydrogens is 468 g/mol. The number of ether oxygens (including phenoxy) is 2. The van der Waals surface area contributed by atoms with Gasteiger partial charge in [-0.3, -0.25) is 14.6 Å². The predicted octanol–water partition coefficient (Wildman–Crippen LogP) is 5.58. The first-order valence-electron chi connectivity index (χ1n) is 12.8. The predicted molar refractivity (Wildman–Crippen MR) is 143 cm³/mol. The molecule has 0 unspecified atom stereocenters. The highest BCUT2D eigenvalue weighted by molar-refractivity contribution is 5.97. The van der Waals surface area contributed by atoms with Crippen LogP contribution in [0.2, 0.25) is 0 Å². The summed E-state index contributed by atoms with van der Waals surface area (Å²) < 4.78 is 12.1. The Kier molecular flexibility index (Phi) is 10.1. The summed E-state index contributed by atoms with van der Waals surface area (Å²) in [6.45, 7) is 5.77.